The van der Waals surface area contributed by atoms with E-state index >= 15 is 0 Å². The molecule has 0 saturated carbocycles. The number of carbonyl (C=O) groups excluding carboxylic acids is 2. The molecule has 0 amide bonds. The number of rotatable bonds is 39. The van der Waals surface area contributed by atoms with Crippen molar-refractivity contribution in [1.82, 2.24) is 4.90 Å². The van der Waals surface area contributed by atoms with E-state index in [1.807, 2.05) is 11.8 Å². The smallest absolute Gasteiger partial charge is 0.395 e. The van der Waals surface area contributed by atoms with Gasteiger partial charge in [-0.15, -0.1) is 0 Å². The molecule has 0 aromatic rings. The van der Waals surface area contributed by atoms with Crippen LogP contribution < -0.4 is 0 Å². The molecule has 0 aliphatic heterocycles. The monoisotopic (exact) mass is 748 g/mol. The van der Waals surface area contributed by atoms with Crippen LogP contribution in [0.2, 0.25) is 0 Å². The summed E-state index contributed by atoms with van der Waals surface area (Å²) in [6.45, 7) is 7.56. The third kappa shape index (κ3) is 38.7. The minimum Gasteiger partial charge on any atom is -0.395 e. The lowest BCUT2D eigenvalue weighted by Gasteiger charge is -2.28. The van der Waals surface area contributed by atoms with Gasteiger partial charge in [0.05, 0.1) is 13.7 Å². The summed E-state index contributed by atoms with van der Waals surface area (Å²) in [5.41, 5.74) is 0. The number of hydrogen-bond donors (Lipinski definition) is 2. The fraction of sp³-hybridized carbons (Fsp3) is 0.952. The van der Waals surface area contributed by atoms with Gasteiger partial charge in [0, 0.05) is 19.4 Å². The SMILES string of the molecule is CCCCCCCCCCCCCCCCCC(=O)C(C(=O)CCCCCCCCCCCCCCCCC)N(CC)CCO.COS(=O)(=O)O. The molecule has 0 aromatic heterocycles. The number of aliphatic hydroxyl groups excluding tert-OH is 1. The average molecular weight is 748 g/mol. The summed E-state index contributed by atoms with van der Waals surface area (Å²) >= 11 is 0. The predicted molar refractivity (Wildman–Crippen MR) is 216 cm³/mol. The molecule has 0 aromatic carbocycles. The van der Waals surface area contributed by atoms with Crippen LogP contribution >= 0.6 is 0 Å². The summed E-state index contributed by atoms with van der Waals surface area (Å²) in [5, 5.41) is 9.55. The molecule has 0 spiro atoms. The number of nitrogens with zero attached hydrogens (tertiary/aromatic N) is 1. The van der Waals surface area contributed by atoms with Crippen molar-refractivity contribution in [3.05, 3.63) is 0 Å². The summed E-state index contributed by atoms with van der Waals surface area (Å²) in [5.74, 6) is 0.150. The standard InChI is InChI=1S/C41H81NO3.CH4O4S/c1-4-7-9-11-13-15-17-19-21-23-25-27-29-31-33-35-39(44)41(42(6-3)37-38-43)40(45)36-34-32-30-28-26-24-22-20-18-16-14-12-10-8-5-2;1-5-6(2,3)4/h41,43H,4-38H2,1-3H3;1H3,(H,2,3,4). The Hall–Kier alpha value is -0.870. The highest BCUT2D eigenvalue weighted by Crippen LogP contribution is 2.18. The first-order chi connectivity index (χ1) is 24.7. The Bertz CT molecular complexity index is 806. The molecule has 51 heavy (non-hydrogen) atoms. The van der Waals surface area contributed by atoms with Crippen molar-refractivity contribution in [2.24, 2.45) is 0 Å². The Morgan fingerprint density at radius 2 is 0.745 bits per heavy atom. The van der Waals surface area contributed by atoms with Crippen molar-refractivity contribution in [3.63, 3.8) is 0 Å². The zero-order chi connectivity index (χ0) is 38.3. The largest absolute Gasteiger partial charge is 0.397 e. The van der Waals surface area contributed by atoms with Gasteiger partial charge in [-0.3, -0.25) is 23.2 Å². The highest BCUT2D eigenvalue weighted by Gasteiger charge is 2.30. The Morgan fingerprint density at radius 1 is 0.510 bits per heavy atom. The van der Waals surface area contributed by atoms with Gasteiger partial charge in [-0.05, 0) is 19.4 Å². The molecule has 0 bridgehead atoms. The highest BCUT2D eigenvalue weighted by molar-refractivity contribution is 7.80. The van der Waals surface area contributed by atoms with Crippen molar-refractivity contribution in [2.75, 3.05) is 26.8 Å². The van der Waals surface area contributed by atoms with E-state index < -0.39 is 16.4 Å². The maximum atomic E-state index is 13.2. The molecule has 0 rings (SSSR count). The van der Waals surface area contributed by atoms with Crippen LogP contribution in [0.4, 0.5) is 0 Å². The molecule has 0 aliphatic rings. The van der Waals surface area contributed by atoms with E-state index in [4.69, 9.17) is 4.55 Å². The molecule has 306 valence electrons. The van der Waals surface area contributed by atoms with Crippen molar-refractivity contribution >= 4 is 22.0 Å². The molecule has 2 N–H and O–H groups in total. The maximum Gasteiger partial charge on any atom is 0.397 e. The van der Waals surface area contributed by atoms with E-state index in [0.29, 0.717) is 25.9 Å². The van der Waals surface area contributed by atoms with E-state index in [1.165, 1.54) is 167 Å². The van der Waals surface area contributed by atoms with Crippen molar-refractivity contribution in [1.29, 1.82) is 0 Å². The minimum absolute atomic E-state index is 0.0111. The van der Waals surface area contributed by atoms with E-state index in [0.717, 1.165) is 32.8 Å². The summed E-state index contributed by atoms with van der Waals surface area (Å²) in [4.78, 5) is 28.3. The van der Waals surface area contributed by atoms with Gasteiger partial charge in [-0.25, -0.2) is 0 Å². The summed E-state index contributed by atoms with van der Waals surface area (Å²) in [6, 6.07) is -0.652. The van der Waals surface area contributed by atoms with Gasteiger partial charge >= 0.3 is 10.4 Å². The van der Waals surface area contributed by atoms with Crippen LogP contribution in [0.1, 0.15) is 226 Å². The molecule has 0 fully saturated rings. The lowest BCUT2D eigenvalue weighted by molar-refractivity contribution is -0.135. The number of carbonyl (C=O) groups is 2. The van der Waals surface area contributed by atoms with Crippen LogP contribution in [0, 0.1) is 0 Å². The van der Waals surface area contributed by atoms with E-state index in [2.05, 4.69) is 18.0 Å². The average Bonchev–Trinajstić information content (AvgIpc) is 3.11. The molecule has 0 aliphatic carbocycles. The zero-order valence-electron chi connectivity index (χ0n) is 34.1. The summed E-state index contributed by atoms with van der Waals surface area (Å²) in [7, 11) is -3.29. The van der Waals surface area contributed by atoms with Gasteiger partial charge in [-0.2, -0.15) is 8.42 Å². The molecule has 0 saturated heterocycles. The van der Waals surface area contributed by atoms with Crippen molar-refractivity contribution in [2.45, 2.75) is 232 Å². The molecule has 0 heterocycles. The second-order valence-electron chi connectivity index (χ2n) is 14.7. The highest BCUT2D eigenvalue weighted by atomic mass is 32.3. The number of aliphatic hydroxyl groups is 1. The fourth-order valence-electron chi connectivity index (χ4n) is 6.80. The minimum atomic E-state index is -4.16. The first kappa shape index (κ1) is 52.2. The molecule has 0 radical (unpaired) electrons. The molecule has 8 nitrogen and oxygen atoms in total. The van der Waals surface area contributed by atoms with Gasteiger partial charge < -0.3 is 5.11 Å². The molecule has 9 heteroatoms. The lowest BCUT2D eigenvalue weighted by Crippen LogP contribution is -2.47. The normalized spacial score (nSPS) is 11.7. The van der Waals surface area contributed by atoms with Gasteiger partial charge in [0.25, 0.3) is 0 Å². The summed E-state index contributed by atoms with van der Waals surface area (Å²) < 4.78 is 29.7. The van der Waals surface area contributed by atoms with E-state index in [9.17, 15) is 23.1 Å². The van der Waals surface area contributed by atoms with Crippen LogP contribution in [0.3, 0.4) is 0 Å². The Kier molecular flexibility index (Phi) is 41.3. The zero-order valence-corrected chi connectivity index (χ0v) is 34.9. The predicted octanol–water partition coefficient (Wildman–Crippen LogP) is 11.8. The second kappa shape index (κ2) is 40.3. The second-order valence-corrected chi connectivity index (χ2v) is 15.9. The van der Waals surface area contributed by atoms with Crippen LogP contribution in [0.5, 0.6) is 0 Å². The molecule has 0 unspecified atom stereocenters. The van der Waals surface area contributed by atoms with E-state index in [1.54, 1.807) is 0 Å². The lowest BCUT2D eigenvalue weighted by atomic mass is 9.96. The van der Waals surface area contributed by atoms with Gasteiger partial charge in [0.15, 0.2) is 11.6 Å². The van der Waals surface area contributed by atoms with Gasteiger partial charge in [0.2, 0.25) is 0 Å². The van der Waals surface area contributed by atoms with Crippen LogP contribution in [0.15, 0.2) is 0 Å². The first-order valence-electron chi connectivity index (χ1n) is 21.6. The topological polar surface area (TPSA) is 121 Å². The number of Topliss-reactive ketones (excluding diaryl/α,β-unsaturated/α-hetero) is 2. The number of likely N-dealkylation sites (N-methyl/N-ethyl adjacent to an activating group) is 1. The molecular formula is C42H85NO7S. The van der Waals surface area contributed by atoms with Gasteiger partial charge in [0.1, 0.15) is 6.04 Å². The number of unbranched alkanes of at least 4 members (excludes halogenated alkanes) is 28. The number of ketones is 2. The van der Waals surface area contributed by atoms with Gasteiger partial charge in [-0.1, -0.05) is 201 Å². The summed E-state index contributed by atoms with van der Waals surface area (Å²) in [6.07, 6.45) is 40.2. The third-order valence-corrected chi connectivity index (χ3v) is 10.5. The van der Waals surface area contributed by atoms with Crippen LogP contribution in [-0.2, 0) is 24.2 Å². The molecule has 0 atom stereocenters. The molecular weight excluding hydrogens is 663 g/mol. The Labute approximate surface area is 317 Å². The fourth-order valence-corrected chi connectivity index (χ4v) is 6.80. The first-order valence-corrected chi connectivity index (χ1v) is 23.0. The van der Waals surface area contributed by atoms with Crippen LogP contribution in [0.25, 0.3) is 0 Å². The Balaban J connectivity index is 0. The van der Waals surface area contributed by atoms with Crippen LogP contribution in [-0.4, -0.2) is 67.4 Å². The Morgan fingerprint density at radius 3 is 0.941 bits per heavy atom. The maximum absolute atomic E-state index is 13.2. The quantitative estimate of drug-likeness (QED) is 0.0362. The van der Waals surface area contributed by atoms with Crippen molar-refractivity contribution in [3.8, 4) is 0 Å². The van der Waals surface area contributed by atoms with E-state index in [-0.39, 0.29) is 18.2 Å². The van der Waals surface area contributed by atoms with Crippen molar-refractivity contribution < 1.29 is 31.8 Å². The number of hydrogen-bond acceptors (Lipinski definition) is 7. The third-order valence-electron chi connectivity index (χ3n) is 10.0.